The molecule has 0 saturated carbocycles. The highest BCUT2D eigenvalue weighted by Gasteiger charge is 2.37. The summed E-state index contributed by atoms with van der Waals surface area (Å²) in [5, 5.41) is 0. The number of likely N-dealkylation sites (tertiary alicyclic amines) is 1. The van der Waals surface area contributed by atoms with Gasteiger partial charge in [-0.05, 0) is 52.5 Å². The molecule has 0 radical (unpaired) electrons. The summed E-state index contributed by atoms with van der Waals surface area (Å²) in [6.45, 7) is 14.5. The lowest BCUT2D eigenvalue weighted by Crippen LogP contribution is -2.52. The van der Waals surface area contributed by atoms with Gasteiger partial charge in [0.05, 0.1) is 5.60 Å². The van der Waals surface area contributed by atoms with Crippen molar-refractivity contribution in [3.8, 4) is 0 Å². The molecule has 0 N–H and O–H groups in total. The molecule has 1 aliphatic heterocycles. The van der Waals surface area contributed by atoms with Crippen LogP contribution in [-0.4, -0.2) is 36.2 Å². The van der Waals surface area contributed by atoms with E-state index in [9.17, 15) is 0 Å². The van der Waals surface area contributed by atoms with E-state index in [0.717, 1.165) is 19.1 Å². The second-order valence-corrected chi connectivity index (χ2v) is 5.88. The Balaban J connectivity index is 2.67. The van der Waals surface area contributed by atoms with Gasteiger partial charge in [-0.15, -0.1) is 0 Å². The molecule has 1 heterocycles. The molecule has 1 fully saturated rings. The minimum atomic E-state index is 0.130. The molecule has 1 unspecified atom stereocenters. The molecule has 1 aliphatic rings. The normalized spacial score (nSPS) is 27.9. The van der Waals surface area contributed by atoms with Gasteiger partial charge >= 0.3 is 0 Å². The number of ether oxygens (including phenoxy) is 1. The van der Waals surface area contributed by atoms with E-state index in [0.29, 0.717) is 6.04 Å². The average Bonchev–Trinajstić information content (AvgIpc) is 2.16. The van der Waals surface area contributed by atoms with Gasteiger partial charge in [0.2, 0.25) is 0 Å². The van der Waals surface area contributed by atoms with Gasteiger partial charge in [-0.1, -0.05) is 13.8 Å². The summed E-state index contributed by atoms with van der Waals surface area (Å²) < 4.78 is 6.12. The van der Waals surface area contributed by atoms with Gasteiger partial charge in [-0.2, -0.15) is 0 Å². The van der Waals surface area contributed by atoms with Gasteiger partial charge in [0, 0.05) is 19.2 Å². The Labute approximate surface area is 101 Å². The van der Waals surface area contributed by atoms with Gasteiger partial charge in [0.25, 0.3) is 0 Å². The lowest BCUT2D eigenvalue weighted by atomic mass is 9.84. The number of hydrogen-bond donors (Lipinski definition) is 0. The van der Waals surface area contributed by atoms with Crippen molar-refractivity contribution >= 4 is 0 Å². The van der Waals surface area contributed by atoms with Crippen LogP contribution in [0.3, 0.4) is 0 Å². The first kappa shape index (κ1) is 14.0. The molecule has 0 amide bonds. The number of rotatable bonds is 5. The van der Waals surface area contributed by atoms with E-state index >= 15 is 0 Å². The van der Waals surface area contributed by atoms with Crippen LogP contribution in [0.25, 0.3) is 0 Å². The number of nitrogens with zero attached hydrogens (tertiary/aromatic N) is 1. The summed E-state index contributed by atoms with van der Waals surface area (Å²) in [6.07, 6.45) is 3.72. The minimum Gasteiger partial charge on any atom is -0.374 e. The fourth-order valence-corrected chi connectivity index (χ4v) is 2.97. The smallest absolute Gasteiger partial charge is 0.0811 e. The van der Waals surface area contributed by atoms with E-state index in [1.165, 1.54) is 25.8 Å². The van der Waals surface area contributed by atoms with Gasteiger partial charge in [-0.3, -0.25) is 4.90 Å². The molecular weight excluding hydrogens is 198 g/mol. The molecule has 0 aromatic carbocycles. The predicted molar refractivity (Wildman–Crippen MR) is 69.8 cm³/mol. The lowest BCUT2D eigenvalue weighted by Gasteiger charge is -2.45. The Morgan fingerprint density at radius 1 is 1.25 bits per heavy atom. The van der Waals surface area contributed by atoms with E-state index in [-0.39, 0.29) is 5.60 Å². The van der Waals surface area contributed by atoms with Crippen LogP contribution >= 0.6 is 0 Å². The highest BCUT2D eigenvalue weighted by molar-refractivity contribution is 4.90. The fourth-order valence-electron chi connectivity index (χ4n) is 2.97. The molecule has 96 valence electrons. The molecular formula is C14H29NO. The maximum Gasteiger partial charge on any atom is 0.0811 e. The van der Waals surface area contributed by atoms with Gasteiger partial charge in [-0.25, -0.2) is 0 Å². The first-order valence-corrected chi connectivity index (χ1v) is 6.87. The topological polar surface area (TPSA) is 12.5 Å². The Morgan fingerprint density at radius 2 is 1.94 bits per heavy atom. The maximum absolute atomic E-state index is 6.12. The summed E-state index contributed by atoms with van der Waals surface area (Å²) in [7, 11) is 0. The number of hydrogen-bond acceptors (Lipinski definition) is 2. The highest BCUT2D eigenvalue weighted by Crippen LogP contribution is 2.32. The fraction of sp³-hybridized carbons (Fsp3) is 1.00. The molecule has 0 aliphatic carbocycles. The molecule has 16 heavy (non-hydrogen) atoms. The second kappa shape index (κ2) is 6.02. The van der Waals surface area contributed by atoms with Crippen LogP contribution in [0.4, 0.5) is 0 Å². The van der Waals surface area contributed by atoms with Crippen LogP contribution in [0, 0.1) is 5.92 Å². The molecule has 2 nitrogen and oxygen atoms in total. The summed E-state index contributed by atoms with van der Waals surface area (Å²) in [4.78, 5) is 2.57. The third-order valence-corrected chi connectivity index (χ3v) is 3.53. The van der Waals surface area contributed by atoms with Crippen molar-refractivity contribution in [3.63, 3.8) is 0 Å². The molecule has 1 rings (SSSR count). The molecule has 2 heteroatoms. The molecule has 0 aromatic heterocycles. The van der Waals surface area contributed by atoms with Crippen molar-refractivity contribution in [2.24, 2.45) is 5.92 Å². The SMILES string of the molecule is CCOC1(CC(C)C)CCCN(C(C)C)C1. The highest BCUT2D eigenvalue weighted by atomic mass is 16.5. The summed E-state index contributed by atoms with van der Waals surface area (Å²) in [6, 6.07) is 0.646. The molecule has 1 atom stereocenters. The standard InChI is InChI=1S/C14H29NO/c1-6-16-14(10-12(2)3)8-7-9-15(11-14)13(4)5/h12-13H,6-11H2,1-5H3. The average molecular weight is 227 g/mol. The van der Waals surface area contributed by atoms with Crippen LogP contribution in [0.1, 0.15) is 53.9 Å². The first-order chi connectivity index (χ1) is 7.49. The monoisotopic (exact) mass is 227 g/mol. The van der Waals surface area contributed by atoms with E-state index < -0.39 is 0 Å². The van der Waals surface area contributed by atoms with Crippen molar-refractivity contribution in [2.75, 3.05) is 19.7 Å². The first-order valence-electron chi connectivity index (χ1n) is 6.87. The summed E-state index contributed by atoms with van der Waals surface area (Å²) >= 11 is 0. The third kappa shape index (κ3) is 3.74. The van der Waals surface area contributed by atoms with E-state index in [2.05, 4.69) is 39.5 Å². The zero-order valence-electron chi connectivity index (χ0n) is 11.8. The zero-order valence-corrected chi connectivity index (χ0v) is 11.8. The van der Waals surface area contributed by atoms with Gasteiger partial charge in [0.1, 0.15) is 0 Å². The lowest BCUT2D eigenvalue weighted by molar-refractivity contribution is -0.102. The van der Waals surface area contributed by atoms with Crippen LogP contribution in [-0.2, 0) is 4.74 Å². The maximum atomic E-state index is 6.12. The van der Waals surface area contributed by atoms with Crippen LogP contribution < -0.4 is 0 Å². The van der Waals surface area contributed by atoms with E-state index in [1.807, 2.05) is 0 Å². The molecule has 0 spiro atoms. The predicted octanol–water partition coefficient (Wildman–Crippen LogP) is 3.31. The van der Waals surface area contributed by atoms with Crippen LogP contribution in [0.2, 0.25) is 0 Å². The second-order valence-electron chi connectivity index (χ2n) is 5.88. The Hall–Kier alpha value is -0.0800. The minimum absolute atomic E-state index is 0.130. The summed E-state index contributed by atoms with van der Waals surface area (Å²) in [5.41, 5.74) is 0.130. The van der Waals surface area contributed by atoms with Crippen molar-refractivity contribution in [2.45, 2.75) is 65.5 Å². The number of piperidine rings is 1. The molecule has 0 aromatic rings. The van der Waals surface area contributed by atoms with Gasteiger partial charge < -0.3 is 4.74 Å². The zero-order chi connectivity index (χ0) is 12.2. The Kier molecular flexibility index (Phi) is 5.26. The molecule has 0 bridgehead atoms. The van der Waals surface area contributed by atoms with Crippen molar-refractivity contribution < 1.29 is 4.74 Å². The quantitative estimate of drug-likeness (QED) is 0.714. The third-order valence-electron chi connectivity index (χ3n) is 3.53. The van der Waals surface area contributed by atoms with Crippen LogP contribution in [0.15, 0.2) is 0 Å². The largest absolute Gasteiger partial charge is 0.374 e. The van der Waals surface area contributed by atoms with E-state index in [1.54, 1.807) is 0 Å². The van der Waals surface area contributed by atoms with Crippen LogP contribution in [0.5, 0.6) is 0 Å². The Bertz CT molecular complexity index is 199. The Morgan fingerprint density at radius 3 is 2.44 bits per heavy atom. The van der Waals surface area contributed by atoms with Crippen molar-refractivity contribution in [1.82, 2.24) is 4.90 Å². The van der Waals surface area contributed by atoms with E-state index in [4.69, 9.17) is 4.74 Å². The summed E-state index contributed by atoms with van der Waals surface area (Å²) in [5.74, 6) is 0.721. The van der Waals surface area contributed by atoms with Crippen molar-refractivity contribution in [1.29, 1.82) is 0 Å². The molecule has 1 saturated heterocycles. The van der Waals surface area contributed by atoms with Gasteiger partial charge in [0.15, 0.2) is 0 Å². The van der Waals surface area contributed by atoms with Crippen molar-refractivity contribution in [3.05, 3.63) is 0 Å².